The van der Waals surface area contributed by atoms with Gasteiger partial charge in [0.15, 0.2) is 0 Å². The highest BCUT2D eigenvalue weighted by Crippen LogP contribution is 2.28. The number of piperazine rings is 1. The van der Waals surface area contributed by atoms with Crippen LogP contribution in [0.5, 0.6) is 0 Å². The van der Waals surface area contributed by atoms with Crippen LogP contribution in [0.25, 0.3) is 0 Å². The molecule has 2 amide bonds. The maximum Gasteiger partial charge on any atom is 0.414 e. The molecule has 1 aromatic carbocycles. The van der Waals surface area contributed by atoms with Gasteiger partial charge in [-0.1, -0.05) is 0 Å². The first-order chi connectivity index (χ1) is 12.0. The van der Waals surface area contributed by atoms with Gasteiger partial charge in [0.2, 0.25) is 5.91 Å². The van der Waals surface area contributed by atoms with E-state index >= 15 is 0 Å². The predicted octanol–water partition coefficient (Wildman–Crippen LogP) is 1.09. The van der Waals surface area contributed by atoms with Gasteiger partial charge in [0.25, 0.3) is 0 Å². The molecule has 0 radical (unpaired) electrons. The van der Waals surface area contributed by atoms with Crippen molar-refractivity contribution < 1.29 is 18.7 Å². The molecule has 2 aliphatic rings. The normalized spacial score (nSPS) is 20.6. The fourth-order valence-corrected chi connectivity index (χ4v) is 3.12. The molecule has 1 unspecified atom stereocenters. The lowest BCUT2D eigenvalue weighted by Crippen LogP contribution is -2.43. The van der Waals surface area contributed by atoms with Crippen molar-refractivity contribution in [1.82, 2.24) is 10.6 Å². The van der Waals surface area contributed by atoms with Gasteiger partial charge in [-0.25, -0.2) is 9.18 Å². The molecule has 25 heavy (non-hydrogen) atoms. The summed E-state index contributed by atoms with van der Waals surface area (Å²) in [5.74, 6) is -0.458. The van der Waals surface area contributed by atoms with Crippen molar-refractivity contribution in [3.05, 3.63) is 24.0 Å². The lowest BCUT2D eigenvalue weighted by Gasteiger charge is -2.30. The quantitative estimate of drug-likeness (QED) is 0.832. The zero-order valence-electron chi connectivity index (χ0n) is 14.3. The number of ether oxygens (including phenoxy) is 1. The first-order valence-electron chi connectivity index (χ1n) is 8.52. The first kappa shape index (κ1) is 17.5. The van der Waals surface area contributed by atoms with Crippen LogP contribution in [0.2, 0.25) is 0 Å². The van der Waals surface area contributed by atoms with Crippen LogP contribution in [0.15, 0.2) is 18.2 Å². The van der Waals surface area contributed by atoms with Gasteiger partial charge in [0.1, 0.15) is 11.9 Å². The number of cyclic esters (lactones) is 1. The largest absolute Gasteiger partial charge is 0.444 e. The topological polar surface area (TPSA) is 73.9 Å². The van der Waals surface area contributed by atoms with Crippen LogP contribution in [-0.4, -0.2) is 57.4 Å². The van der Waals surface area contributed by atoms with Crippen molar-refractivity contribution in [3.8, 4) is 0 Å². The predicted molar refractivity (Wildman–Crippen MR) is 92.4 cm³/mol. The van der Waals surface area contributed by atoms with Gasteiger partial charge in [-0.2, -0.15) is 0 Å². The Hall–Kier alpha value is -2.35. The zero-order valence-corrected chi connectivity index (χ0v) is 14.3. The number of hydrogen-bond acceptors (Lipinski definition) is 5. The molecule has 1 atom stereocenters. The molecular formula is C17H23FN4O3. The van der Waals surface area contributed by atoms with E-state index in [1.165, 1.54) is 17.9 Å². The van der Waals surface area contributed by atoms with Crippen LogP contribution in [0.3, 0.4) is 0 Å². The zero-order chi connectivity index (χ0) is 17.8. The van der Waals surface area contributed by atoms with Crippen LogP contribution >= 0.6 is 0 Å². The summed E-state index contributed by atoms with van der Waals surface area (Å²) in [6, 6.07) is 4.85. The third-order valence-electron chi connectivity index (χ3n) is 4.41. The van der Waals surface area contributed by atoms with Gasteiger partial charge < -0.3 is 20.3 Å². The standard InChI is InChI=1S/C17H23FN4O3/c1-12(23)20-5-4-14-11-22(17(24)25-14)13-2-3-16(15(18)10-13)21-8-6-19-7-9-21/h2-3,10,14,19H,4-9,11H2,1H3,(H,20,23). The fourth-order valence-electron chi connectivity index (χ4n) is 3.12. The van der Waals surface area contributed by atoms with E-state index in [1.54, 1.807) is 12.1 Å². The Morgan fingerprint density at radius 2 is 2.16 bits per heavy atom. The number of nitrogens with zero attached hydrogens (tertiary/aromatic N) is 2. The van der Waals surface area contributed by atoms with Crippen LogP contribution < -0.4 is 20.4 Å². The smallest absolute Gasteiger partial charge is 0.414 e. The van der Waals surface area contributed by atoms with E-state index in [0.717, 1.165) is 26.2 Å². The molecule has 0 bridgehead atoms. The van der Waals surface area contributed by atoms with Crippen molar-refractivity contribution in [2.45, 2.75) is 19.4 Å². The maximum absolute atomic E-state index is 14.5. The number of carbonyl (C=O) groups excluding carboxylic acids is 2. The van der Waals surface area contributed by atoms with Crippen LogP contribution in [0.1, 0.15) is 13.3 Å². The lowest BCUT2D eigenvalue weighted by atomic mass is 10.2. The number of rotatable bonds is 5. The highest BCUT2D eigenvalue weighted by atomic mass is 19.1. The molecule has 0 spiro atoms. The summed E-state index contributed by atoms with van der Waals surface area (Å²) >= 11 is 0. The molecule has 2 fully saturated rings. The van der Waals surface area contributed by atoms with Gasteiger partial charge in [0, 0.05) is 46.1 Å². The monoisotopic (exact) mass is 350 g/mol. The average Bonchev–Trinajstić information content (AvgIpc) is 2.96. The third-order valence-corrected chi connectivity index (χ3v) is 4.41. The molecular weight excluding hydrogens is 327 g/mol. The van der Waals surface area contributed by atoms with Gasteiger partial charge in [-0.3, -0.25) is 9.69 Å². The van der Waals surface area contributed by atoms with E-state index in [1.807, 2.05) is 4.90 Å². The Kier molecular flexibility index (Phi) is 5.37. The molecule has 2 saturated heterocycles. The Labute approximate surface area is 146 Å². The summed E-state index contributed by atoms with van der Waals surface area (Å²) in [5, 5.41) is 5.91. The molecule has 8 heteroatoms. The Morgan fingerprint density at radius 3 is 2.84 bits per heavy atom. The van der Waals surface area contributed by atoms with Crippen LogP contribution in [0.4, 0.5) is 20.6 Å². The van der Waals surface area contributed by atoms with E-state index in [-0.39, 0.29) is 17.8 Å². The minimum atomic E-state index is -0.484. The van der Waals surface area contributed by atoms with Crippen molar-refractivity contribution in [1.29, 1.82) is 0 Å². The number of hydrogen-bond donors (Lipinski definition) is 2. The number of amides is 2. The van der Waals surface area contributed by atoms with Crippen LogP contribution in [-0.2, 0) is 9.53 Å². The molecule has 0 aliphatic carbocycles. The second-order valence-electron chi connectivity index (χ2n) is 6.26. The highest BCUT2D eigenvalue weighted by Gasteiger charge is 2.32. The molecule has 2 heterocycles. The van der Waals surface area contributed by atoms with Crippen molar-refractivity contribution in [2.75, 3.05) is 49.1 Å². The average molecular weight is 350 g/mol. The van der Waals surface area contributed by atoms with Gasteiger partial charge >= 0.3 is 6.09 Å². The van der Waals surface area contributed by atoms with Crippen LogP contribution in [0, 0.1) is 5.82 Å². The van der Waals surface area contributed by atoms with E-state index in [2.05, 4.69) is 10.6 Å². The van der Waals surface area contributed by atoms with Crippen molar-refractivity contribution in [2.24, 2.45) is 0 Å². The Balaban J connectivity index is 1.64. The molecule has 2 aliphatic heterocycles. The number of anilines is 2. The second kappa shape index (κ2) is 7.69. The molecule has 3 rings (SSSR count). The molecule has 0 aromatic heterocycles. The van der Waals surface area contributed by atoms with E-state index < -0.39 is 6.09 Å². The number of halogens is 1. The van der Waals surface area contributed by atoms with Crippen molar-refractivity contribution >= 4 is 23.4 Å². The minimum absolute atomic E-state index is 0.119. The van der Waals surface area contributed by atoms with Gasteiger partial charge in [0.05, 0.1) is 17.9 Å². The Bertz CT molecular complexity index is 649. The number of carbonyl (C=O) groups is 2. The maximum atomic E-state index is 14.5. The summed E-state index contributed by atoms with van der Waals surface area (Å²) in [6.45, 7) is 5.41. The van der Waals surface area contributed by atoms with Gasteiger partial charge in [-0.15, -0.1) is 0 Å². The fraction of sp³-hybridized carbons (Fsp3) is 0.529. The summed E-state index contributed by atoms with van der Waals surface area (Å²) in [7, 11) is 0. The molecule has 0 saturated carbocycles. The molecule has 7 nitrogen and oxygen atoms in total. The van der Waals surface area contributed by atoms with Gasteiger partial charge in [-0.05, 0) is 18.2 Å². The first-order valence-corrected chi connectivity index (χ1v) is 8.52. The summed E-state index contributed by atoms with van der Waals surface area (Å²) in [6.07, 6.45) is -0.263. The highest BCUT2D eigenvalue weighted by molar-refractivity contribution is 5.90. The summed E-state index contributed by atoms with van der Waals surface area (Å²) < 4.78 is 19.8. The summed E-state index contributed by atoms with van der Waals surface area (Å²) in [5.41, 5.74) is 1.04. The molecule has 1 aromatic rings. The second-order valence-corrected chi connectivity index (χ2v) is 6.26. The lowest BCUT2D eigenvalue weighted by molar-refractivity contribution is -0.119. The van der Waals surface area contributed by atoms with E-state index in [9.17, 15) is 14.0 Å². The Morgan fingerprint density at radius 1 is 1.40 bits per heavy atom. The molecule has 136 valence electrons. The van der Waals surface area contributed by atoms with Crippen molar-refractivity contribution in [3.63, 3.8) is 0 Å². The third kappa shape index (κ3) is 4.19. The minimum Gasteiger partial charge on any atom is -0.444 e. The number of benzene rings is 1. The van der Waals surface area contributed by atoms with E-state index in [0.29, 0.717) is 30.9 Å². The summed E-state index contributed by atoms with van der Waals surface area (Å²) in [4.78, 5) is 26.4. The number of nitrogens with one attached hydrogen (secondary N) is 2. The molecule has 2 N–H and O–H groups in total. The van der Waals surface area contributed by atoms with E-state index in [4.69, 9.17) is 4.74 Å². The SMILES string of the molecule is CC(=O)NCCC1CN(c2ccc(N3CCNCC3)c(F)c2)C(=O)O1.